The number of non-ortho nitro benzene ring substituents is 1. The van der Waals surface area contributed by atoms with Gasteiger partial charge in [0, 0.05) is 28.9 Å². The van der Waals surface area contributed by atoms with E-state index in [2.05, 4.69) is 10.3 Å². The van der Waals surface area contributed by atoms with Crippen molar-refractivity contribution in [3.63, 3.8) is 0 Å². The quantitative estimate of drug-likeness (QED) is 0.392. The standard InChI is InChI=1S/C19H15N3O6/c1-2-27-19(24)14-6-13(8-16(9-14)22(25)26)18(23)21-15-5-3-4-12(7-15)17-10-20-11-28-17/h3-11H,2H2,1H3,(H,21,23). The summed E-state index contributed by atoms with van der Waals surface area (Å²) in [4.78, 5) is 38.8. The van der Waals surface area contributed by atoms with Crippen molar-refractivity contribution in [2.24, 2.45) is 0 Å². The first kappa shape index (κ1) is 18.8. The van der Waals surface area contributed by atoms with E-state index in [1.54, 1.807) is 31.2 Å². The molecule has 1 amide bonds. The zero-order chi connectivity index (χ0) is 20.1. The van der Waals surface area contributed by atoms with Gasteiger partial charge in [0.1, 0.15) is 0 Å². The second-order valence-corrected chi connectivity index (χ2v) is 5.65. The Labute approximate surface area is 159 Å². The number of anilines is 1. The molecule has 0 spiro atoms. The first-order chi connectivity index (χ1) is 13.5. The third-order valence-electron chi connectivity index (χ3n) is 3.74. The van der Waals surface area contributed by atoms with Crippen LogP contribution >= 0.6 is 0 Å². The molecular formula is C19H15N3O6. The van der Waals surface area contributed by atoms with Crippen molar-refractivity contribution in [2.45, 2.75) is 6.92 Å². The number of benzene rings is 2. The average Bonchev–Trinajstić information content (AvgIpc) is 3.23. The third kappa shape index (κ3) is 4.21. The molecule has 28 heavy (non-hydrogen) atoms. The molecule has 2 aromatic carbocycles. The monoisotopic (exact) mass is 381 g/mol. The third-order valence-corrected chi connectivity index (χ3v) is 3.74. The predicted octanol–water partition coefficient (Wildman–Crippen LogP) is 3.68. The lowest BCUT2D eigenvalue weighted by atomic mass is 10.1. The number of rotatable bonds is 6. The van der Waals surface area contributed by atoms with Gasteiger partial charge in [-0.1, -0.05) is 12.1 Å². The molecule has 0 atom stereocenters. The van der Waals surface area contributed by atoms with E-state index in [-0.39, 0.29) is 23.4 Å². The summed E-state index contributed by atoms with van der Waals surface area (Å²) in [6, 6.07) is 10.2. The summed E-state index contributed by atoms with van der Waals surface area (Å²) in [7, 11) is 0. The van der Waals surface area contributed by atoms with Gasteiger partial charge < -0.3 is 14.5 Å². The fourth-order valence-electron chi connectivity index (χ4n) is 2.49. The molecule has 0 bridgehead atoms. The number of ether oxygens (including phenoxy) is 1. The van der Waals surface area contributed by atoms with Crippen molar-refractivity contribution < 1.29 is 23.7 Å². The molecule has 142 valence electrons. The van der Waals surface area contributed by atoms with Crippen molar-refractivity contribution in [3.8, 4) is 11.3 Å². The smallest absolute Gasteiger partial charge is 0.338 e. The Hall–Kier alpha value is -4.01. The van der Waals surface area contributed by atoms with Crippen LogP contribution in [0.1, 0.15) is 27.6 Å². The van der Waals surface area contributed by atoms with Gasteiger partial charge in [-0.05, 0) is 25.1 Å². The Bertz CT molecular complexity index is 1030. The molecule has 9 nitrogen and oxygen atoms in total. The minimum absolute atomic E-state index is 0.0395. The van der Waals surface area contributed by atoms with Crippen molar-refractivity contribution >= 4 is 23.3 Å². The SMILES string of the molecule is CCOC(=O)c1cc(C(=O)Nc2cccc(-c3cnco3)c2)cc([N+](=O)[O-])c1. The second-order valence-electron chi connectivity index (χ2n) is 5.65. The van der Waals surface area contributed by atoms with Crippen LogP contribution in [0, 0.1) is 10.1 Å². The van der Waals surface area contributed by atoms with E-state index in [0.717, 1.165) is 12.1 Å². The van der Waals surface area contributed by atoms with Crippen molar-refractivity contribution in [1.82, 2.24) is 4.98 Å². The maximum absolute atomic E-state index is 12.6. The summed E-state index contributed by atoms with van der Waals surface area (Å²) >= 11 is 0. The number of hydrogen-bond donors (Lipinski definition) is 1. The van der Waals surface area contributed by atoms with Gasteiger partial charge in [-0.2, -0.15) is 0 Å². The molecule has 0 radical (unpaired) electrons. The van der Waals surface area contributed by atoms with Crippen molar-refractivity contribution in [1.29, 1.82) is 0 Å². The number of amides is 1. The molecule has 0 saturated carbocycles. The van der Waals surface area contributed by atoms with Crippen LogP contribution in [0.4, 0.5) is 11.4 Å². The van der Waals surface area contributed by atoms with E-state index in [4.69, 9.17) is 9.15 Å². The first-order valence-electron chi connectivity index (χ1n) is 8.25. The number of carbonyl (C=O) groups is 2. The Morgan fingerprint density at radius 2 is 2.00 bits per heavy atom. The van der Waals surface area contributed by atoms with Crippen LogP contribution in [0.25, 0.3) is 11.3 Å². The molecule has 9 heteroatoms. The lowest BCUT2D eigenvalue weighted by Crippen LogP contribution is -2.14. The molecule has 0 aliphatic heterocycles. The Kier molecular flexibility index (Phi) is 5.45. The summed E-state index contributed by atoms with van der Waals surface area (Å²) in [6.45, 7) is 1.72. The first-order valence-corrected chi connectivity index (χ1v) is 8.25. The van der Waals surface area contributed by atoms with E-state index in [1.807, 2.05) is 0 Å². The van der Waals surface area contributed by atoms with E-state index in [1.165, 1.54) is 18.7 Å². The topological polar surface area (TPSA) is 125 Å². The van der Waals surface area contributed by atoms with Crippen LogP contribution in [0.2, 0.25) is 0 Å². The van der Waals surface area contributed by atoms with E-state index < -0.39 is 16.8 Å². The Morgan fingerprint density at radius 3 is 2.68 bits per heavy atom. The molecule has 0 unspecified atom stereocenters. The summed E-state index contributed by atoms with van der Waals surface area (Å²) in [5.41, 5.74) is 0.648. The number of hydrogen-bond acceptors (Lipinski definition) is 7. The van der Waals surface area contributed by atoms with Crippen LogP contribution in [0.3, 0.4) is 0 Å². The molecular weight excluding hydrogens is 366 g/mol. The molecule has 3 rings (SSSR count). The molecule has 0 aliphatic rings. The van der Waals surface area contributed by atoms with Crippen LogP contribution in [0.5, 0.6) is 0 Å². The second kappa shape index (κ2) is 8.12. The van der Waals surface area contributed by atoms with E-state index in [9.17, 15) is 19.7 Å². The van der Waals surface area contributed by atoms with Crippen LogP contribution < -0.4 is 5.32 Å². The maximum atomic E-state index is 12.6. The minimum atomic E-state index is -0.743. The fourth-order valence-corrected chi connectivity index (χ4v) is 2.49. The summed E-state index contributed by atoms with van der Waals surface area (Å²) in [5.74, 6) is -0.826. The summed E-state index contributed by atoms with van der Waals surface area (Å²) in [5, 5.41) is 13.8. The lowest BCUT2D eigenvalue weighted by molar-refractivity contribution is -0.384. The van der Waals surface area contributed by atoms with Crippen molar-refractivity contribution in [3.05, 3.63) is 76.3 Å². The van der Waals surface area contributed by atoms with E-state index in [0.29, 0.717) is 17.0 Å². The van der Waals surface area contributed by atoms with E-state index >= 15 is 0 Å². The minimum Gasteiger partial charge on any atom is -0.462 e. The Balaban J connectivity index is 1.89. The number of oxazole rings is 1. The highest BCUT2D eigenvalue weighted by Crippen LogP contribution is 2.23. The maximum Gasteiger partial charge on any atom is 0.338 e. The number of nitro groups is 1. The Morgan fingerprint density at radius 1 is 1.21 bits per heavy atom. The van der Waals surface area contributed by atoms with Crippen LogP contribution in [-0.4, -0.2) is 28.4 Å². The van der Waals surface area contributed by atoms with Gasteiger partial charge >= 0.3 is 5.97 Å². The largest absolute Gasteiger partial charge is 0.462 e. The molecule has 0 fully saturated rings. The number of nitrogens with one attached hydrogen (secondary N) is 1. The van der Waals surface area contributed by atoms with Crippen molar-refractivity contribution in [2.75, 3.05) is 11.9 Å². The molecule has 1 N–H and O–H groups in total. The average molecular weight is 381 g/mol. The van der Waals surface area contributed by atoms with Gasteiger partial charge in [0.15, 0.2) is 12.2 Å². The number of carbonyl (C=O) groups excluding carboxylic acids is 2. The summed E-state index contributed by atoms with van der Waals surface area (Å²) in [6.07, 6.45) is 2.83. The predicted molar refractivity (Wildman–Crippen MR) is 98.9 cm³/mol. The van der Waals surface area contributed by atoms with Gasteiger partial charge in [0.2, 0.25) is 0 Å². The normalized spacial score (nSPS) is 10.3. The van der Waals surface area contributed by atoms with Gasteiger partial charge in [-0.25, -0.2) is 9.78 Å². The highest BCUT2D eigenvalue weighted by atomic mass is 16.6. The summed E-state index contributed by atoms with van der Waals surface area (Å²) < 4.78 is 10.1. The number of nitrogens with zero attached hydrogens (tertiary/aromatic N) is 2. The lowest BCUT2D eigenvalue weighted by Gasteiger charge is -2.08. The highest BCUT2D eigenvalue weighted by Gasteiger charge is 2.19. The molecule has 3 aromatic rings. The number of esters is 1. The fraction of sp³-hybridized carbons (Fsp3) is 0.105. The van der Waals surface area contributed by atoms with Gasteiger partial charge in [0.25, 0.3) is 11.6 Å². The van der Waals surface area contributed by atoms with Crippen LogP contribution in [-0.2, 0) is 4.74 Å². The van der Waals surface area contributed by atoms with Gasteiger partial charge in [-0.15, -0.1) is 0 Å². The van der Waals surface area contributed by atoms with Gasteiger partial charge in [0.05, 0.1) is 23.3 Å². The van der Waals surface area contributed by atoms with Crippen LogP contribution in [0.15, 0.2) is 59.5 Å². The number of aromatic nitrogens is 1. The zero-order valence-electron chi connectivity index (χ0n) is 14.7. The highest BCUT2D eigenvalue weighted by molar-refractivity contribution is 6.06. The molecule has 0 saturated heterocycles. The molecule has 1 heterocycles. The molecule has 0 aliphatic carbocycles. The number of nitro benzene ring substituents is 1. The zero-order valence-corrected chi connectivity index (χ0v) is 14.7. The van der Waals surface area contributed by atoms with Gasteiger partial charge in [-0.3, -0.25) is 14.9 Å². The molecule has 1 aromatic heterocycles.